The number of nitrogen functional groups attached to an aromatic ring is 1. The molecule has 0 saturated heterocycles. The van der Waals surface area contributed by atoms with Gasteiger partial charge in [-0.2, -0.15) is 0 Å². The summed E-state index contributed by atoms with van der Waals surface area (Å²) in [5, 5.41) is 11.4. The van der Waals surface area contributed by atoms with Gasteiger partial charge in [0.1, 0.15) is 5.82 Å². The van der Waals surface area contributed by atoms with E-state index >= 15 is 0 Å². The summed E-state index contributed by atoms with van der Waals surface area (Å²) >= 11 is 0. The fourth-order valence-electron chi connectivity index (χ4n) is 1.63. The number of carbonyl (C=O) groups is 2. The molecule has 0 bridgehead atoms. The first-order valence-corrected chi connectivity index (χ1v) is 5.67. The van der Waals surface area contributed by atoms with Crippen LogP contribution in [0.25, 0.3) is 0 Å². The van der Waals surface area contributed by atoms with Gasteiger partial charge < -0.3 is 21.1 Å². The van der Waals surface area contributed by atoms with Crippen LogP contribution >= 0.6 is 0 Å². The van der Waals surface area contributed by atoms with E-state index in [0.717, 1.165) is 12.1 Å². The van der Waals surface area contributed by atoms with E-state index < -0.39 is 17.3 Å². The molecule has 1 aromatic carbocycles. The van der Waals surface area contributed by atoms with Crippen molar-refractivity contribution in [2.24, 2.45) is 0 Å². The number of likely N-dealkylation sites (N-methyl/N-ethyl adjacent to an activating group) is 2. The van der Waals surface area contributed by atoms with Crippen LogP contribution in [-0.4, -0.2) is 37.1 Å². The second kappa shape index (κ2) is 6.03. The van der Waals surface area contributed by atoms with Gasteiger partial charge in [0.05, 0.1) is 23.5 Å². The van der Waals surface area contributed by atoms with Gasteiger partial charge in [-0.05, 0) is 13.0 Å². The van der Waals surface area contributed by atoms with Crippen LogP contribution in [0.2, 0.25) is 0 Å². The molecule has 19 heavy (non-hydrogen) atoms. The first-order valence-electron chi connectivity index (χ1n) is 5.67. The van der Waals surface area contributed by atoms with Crippen LogP contribution in [-0.2, 0) is 4.79 Å². The zero-order chi connectivity index (χ0) is 14.6. The maximum absolute atomic E-state index is 13.6. The minimum Gasteiger partial charge on any atom is -0.478 e. The van der Waals surface area contributed by atoms with Crippen molar-refractivity contribution in [1.82, 2.24) is 5.32 Å². The lowest BCUT2D eigenvalue weighted by atomic mass is 10.1. The van der Waals surface area contributed by atoms with Crippen molar-refractivity contribution in [3.63, 3.8) is 0 Å². The summed E-state index contributed by atoms with van der Waals surface area (Å²) in [6, 6.07) is 2.05. The largest absolute Gasteiger partial charge is 0.478 e. The highest BCUT2D eigenvalue weighted by atomic mass is 19.1. The normalized spacial score (nSPS) is 10.1. The molecule has 0 fully saturated rings. The van der Waals surface area contributed by atoms with E-state index in [9.17, 15) is 14.0 Å². The maximum atomic E-state index is 13.6. The highest BCUT2D eigenvalue weighted by Gasteiger charge is 2.16. The molecule has 0 aliphatic heterocycles. The van der Waals surface area contributed by atoms with Gasteiger partial charge in [-0.3, -0.25) is 4.79 Å². The fourth-order valence-corrected chi connectivity index (χ4v) is 1.63. The molecule has 1 aromatic rings. The molecule has 0 aliphatic rings. The first kappa shape index (κ1) is 14.7. The van der Waals surface area contributed by atoms with Crippen LogP contribution < -0.4 is 16.0 Å². The third kappa shape index (κ3) is 3.57. The van der Waals surface area contributed by atoms with Gasteiger partial charge in [-0.25, -0.2) is 9.18 Å². The quantitative estimate of drug-likeness (QED) is 0.683. The molecule has 0 spiro atoms. The van der Waals surface area contributed by atoms with Crippen molar-refractivity contribution in [3.05, 3.63) is 23.5 Å². The van der Waals surface area contributed by atoms with Gasteiger partial charge in [0, 0.05) is 19.7 Å². The molecule has 104 valence electrons. The Hall–Kier alpha value is -2.31. The van der Waals surface area contributed by atoms with Crippen LogP contribution in [0, 0.1) is 5.82 Å². The molecule has 7 heteroatoms. The molecule has 1 rings (SSSR count). The Balaban J connectivity index is 2.98. The Morgan fingerprint density at radius 1 is 1.47 bits per heavy atom. The SMILES string of the molecule is CCNC(=O)CN(C)c1cc(F)c(C(=O)O)cc1N. The van der Waals surface area contributed by atoms with Crippen molar-refractivity contribution in [2.75, 3.05) is 30.8 Å². The number of anilines is 2. The number of rotatable bonds is 5. The lowest BCUT2D eigenvalue weighted by Gasteiger charge is -2.21. The van der Waals surface area contributed by atoms with Crippen molar-refractivity contribution in [1.29, 1.82) is 0 Å². The van der Waals surface area contributed by atoms with Crippen molar-refractivity contribution in [3.8, 4) is 0 Å². The van der Waals surface area contributed by atoms with Crippen LogP contribution in [0.1, 0.15) is 17.3 Å². The summed E-state index contributed by atoms with van der Waals surface area (Å²) in [5.74, 6) is -2.51. The molecule has 0 aliphatic carbocycles. The zero-order valence-electron chi connectivity index (χ0n) is 10.7. The van der Waals surface area contributed by atoms with E-state index in [1.54, 1.807) is 14.0 Å². The molecular weight excluding hydrogens is 253 g/mol. The molecular formula is C12H16FN3O3. The molecule has 0 heterocycles. The average Bonchev–Trinajstić information content (AvgIpc) is 2.31. The Kier molecular flexibility index (Phi) is 4.68. The van der Waals surface area contributed by atoms with E-state index in [-0.39, 0.29) is 23.8 Å². The second-order valence-corrected chi connectivity index (χ2v) is 4.01. The van der Waals surface area contributed by atoms with Crippen molar-refractivity contribution in [2.45, 2.75) is 6.92 Å². The number of halogens is 1. The fraction of sp³-hybridized carbons (Fsp3) is 0.333. The Morgan fingerprint density at radius 3 is 2.63 bits per heavy atom. The van der Waals surface area contributed by atoms with E-state index in [1.165, 1.54) is 4.90 Å². The Bertz CT molecular complexity index is 505. The smallest absolute Gasteiger partial charge is 0.338 e. The Labute approximate surface area is 110 Å². The lowest BCUT2D eigenvalue weighted by Crippen LogP contribution is -2.35. The molecule has 0 aromatic heterocycles. The highest BCUT2D eigenvalue weighted by Crippen LogP contribution is 2.25. The van der Waals surface area contributed by atoms with Gasteiger partial charge in [-0.15, -0.1) is 0 Å². The number of hydrogen-bond donors (Lipinski definition) is 3. The zero-order valence-corrected chi connectivity index (χ0v) is 10.7. The van der Waals surface area contributed by atoms with Crippen molar-refractivity contribution >= 4 is 23.3 Å². The molecule has 4 N–H and O–H groups in total. The van der Waals surface area contributed by atoms with E-state index in [0.29, 0.717) is 6.54 Å². The molecule has 0 saturated carbocycles. The van der Waals surface area contributed by atoms with E-state index in [2.05, 4.69) is 5.32 Å². The molecule has 0 atom stereocenters. The maximum Gasteiger partial charge on any atom is 0.338 e. The van der Waals surface area contributed by atoms with Crippen molar-refractivity contribution < 1.29 is 19.1 Å². The van der Waals surface area contributed by atoms with Crippen LogP contribution in [0.4, 0.5) is 15.8 Å². The Morgan fingerprint density at radius 2 is 2.11 bits per heavy atom. The molecule has 6 nitrogen and oxygen atoms in total. The summed E-state index contributed by atoms with van der Waals surface area (Å²) in [4.78, 5) is 23.6. The van der Waals surface area contributed by atoms with Gasteiger partial charge >= 0.3 is 5.97 Å². The number of nitrogens with zero attached hydrogens (tertiary/aromatic N) is 1. The average molecular weight is 269 g/mol. The molecule has 1 amide bonds. The second-order valence-electron chi connectivity index (χ2n) is 4.01. The van der Waals surface area contributed by atoms with Gasteiger partial charge in [-0.1, -0.05) is 0 Å². The molecule has 0 unspecified atom stereocenters. The summed E-state index contributed by atoms with van der Waals surface area (Å²) in [6.07, 6.45) is 0. The van der Waals surface area contributed by atoms with Crippen LogP contribution in [0.3, 0.4) is 0 Å². The topological polar surface area (TPSA) is 95.7 Å². The third-order valence-corrected chi connectivity index (χ3v) is 2.51. The van der Waals surface area contributed by atoms with Gasteiger partial charge in [0.15, 0.2) is 0 Å². The van der Waals surface area contributed by atoms with Gasteiger partial charge in [0.25, 0.3) is 0 Å². The number of hydrogen-bond acceptors (Lipinski definition) is 4. The number of carboxylic acid groups (broad SMARTS) is 1. The van der Waals surface area contributed by atoms with E-state index in [4.69, 9.17) is 10.8 Å². The molecule has 0 radical (unpaired) electrons. The summed E-state index contributed by atoms with van der Waals surface area (Å²) in [6.45, 7) is 2.28. The number of nitrogens with two attached hydrogens (primary N) is 1. The van der Waals surface area contributed by atoms with Gasteiger partial charge in [0.2, 0.25) is 5.91 Å². The highest BCUT2D eigenvalue weighted by molar-refractivity contribution is 5.91. The lowest BCUT2D eigenvalue weighted by molar-refractivity contribution is -0.119. The number of nitrogens with one attached hydrogen (secondary N) is 1. The number of carbonyl (C=O) groups excluding carboxylic acids is 1. The number of amides is 1. The monoisotopic (exact) mass is 269 g/mol. The predicted octanol–water partition coefficient (Wildman–Crippen LogP) is 0.678. The van der Waals surface area contributed by atoms with Crippen LogP contribution in [0.15, 0.2) is 12.1 Å². The predicted molar refractivity (Wildman–Crippen MR) is 69.7 cm³/mol. The third-order valence-electron chi connectivity index (χ3n) is 2.51. The standard InChI is InChI=1S/C12H16FN3O3/c1-3-15-11(17)6-16(2)10-5-8(13)7(12(18)19)4-9(10)14/h4-5H,3,6,14H2,1-2H3,(H,15,17)(H,18,19). The van der Waals surface area contributed by atoms with E-state index in [1.807, 2.05) is 0 Å². The minimum atomic E-state index is -1.39. The first-order chi connectivity index (χ1) is 8.86. The number of carboxylic acids is 1. The number of aromatic carboxylic acids is 1. The van der Waals surface area contributed by atoms with Crippen LogP contribution in [0.5, 0.6) is 0 Å². The summed E-state index contributed by atoms with van der Waals surface area (Å²) in [5.41, 5.74) is 5.56. The number of benzene rings is 1. The summed E-state index contributed by atoms with van der Waals surface area (Å²) < 4.78 is 13.6. The summed E-state index contributed by atoms with van der Waals surface area (Å²) in [7, 11) is 1.57. The minimum absolute atomic E-state index is 0.00387.